The molecule has 0 saturated heterocycles. The van der Waals surface area contributed by atoms with Crippen molar-refractivity contribution in [1.82, 2.24) is 9.97 Å². The average molecular weight is 292 g/mol. The Hall–Kier alpha value is -1.56. The Morgan fingerprint density at radius 1 is 1.45 bits per heavy atom. The lowest BCUT2D eigenvalue weighted by Crippen LogP contribution is -2.14. The quantitative estimate of drug-likeness (QED) is 0.676. The lowest BCUT2D eigenvalue weighted by atomic mass is 10.1. The first kappa shape index (κ1) is 13.4. The zero-order valence-corrected chi connectivity index (χ0v) is 12.1. The van der Waals surface area contributed by atoms with Crippen molar-refractivity contribution in [3.8, 4) is 0 Å². The standard InChI is InChI=1S/C14H16N2O3S/c1-20-14-15-12(18)11-9(4-2-3-8-5-6-8)7-10(17)19-13(11)16-14/h7-8H,2-6H2,1H3,(H,15,16,18). The van der Waals surface area contributed by atoms with Gasteiger partial charge in [0.15, 0.2) is 5.16 Å². The van der Waals surface area contributed by atoms with Crippen LogP contribution in [0, 0.1) is 5.92 Å². The summed E-state index contributed by atoms with van der Waals surface area (Å²) in [6, 6.07) is 1.42. The molecule has 1 fully saturated rings. The van der Waals surface area contributed by atoms with Gasteiger partial charge in [0.05, 0.1) is 0 Å². The Morgan fingerprint density at radius 3 is 2.95 bits per heavy atom. The van der Waals surface area contributed by atoms with Crippen molar-refractivity contribution in [3.63, 3.8) is 0 Å². The molecular formula is C14H16N2O3S. The van der Waals surface area contributed by atoms with Crippen LogP contribution in [0.15, 0.2) is 25.2 Å². The second kappa shape index (κ2) is 5.44. The van der Waals surface area contributed by atoms with Gasteiger partial charge in [-0.1, -0.05) is 31.0 Å². The summed E-state index contributed by atoms with van der Waals surface area (Å²) in [5.74, 6) is 0.848. The van der Waals surface area contributed by atoms with Gasteiger partial charge in [-0.05, 0) is 30.6 Å². The van der Waals surface area contributed by atoms with E-state index in [0.717, 1.165) is 30.7 Å². The van der Waals surface area contributed by atoms with E-state index in [-0.39, 0.29) is 11.3 Å². The van der Waals surface area contributed by atoms with Crippen LogP contribution in [-0.4, -0.2) is 16.2 Å². The summed E-state index contributed by atoms with van der Waals surface area (Å²) in [6.07, 6.45) is 7.32. The van der Waals surface area contributed by atoms with E-state index >= 15 is 0 Å². The fraction of sp³-hybridized carbons (Fsp3) is 0.500. The van der Waals surface area contributed by atoms with E-state index < -0.39 is 5.63 Å². The second-order valence-corrected chi connectivity index (χ2v) is 5.98. The third-order valence-corrected chi connectivity index (χ3v) is 4.20. The normalized spacial score (nSPS) is 14.8. The van der Waals surface area contributed by atoms with Crippen LogP contribution in [0.4, 0.5) is 0 Å². The Balaban J connectivity index is 2.00. The molecule has 3 rings (SSSR count). The summed E-state index contributed by atoms with van der Waals surface area (Å²) in [6.45, 7) is 0. The molecule has 0 aromatic carbocycles. The number of aryl methyl sites for hydroxylation is 1. The van der Waals surface area contributed by atoms with Crippen LogP contribution >= 0.6 is 11.8 Å². The number of aromatic amines is 1. The number of nitrogens with one attached hydrogen (secondary N) is 1. The van der Waals surface area contributed by atoms with Crippen LogP contribution in [0.3, 0.4) is 0 Å². The van der Waals surface area contributed by atoms with E-state index in [1.807, 2.05) is 6.26 Å². The fourth-order valence-electron chi connectivity index (χ4n) is 2.41. The van der Waals surface area contributed by atoms with Crippen LogP contribution in [0.1, 0.15) is 31.2 Å². The molecule has 1 aliphatic carbocycles. The highest BCUT2D eigenvalue weighted by Crippen LogP contribution is 2.34. The van der Waals surface area contributed by atoms with Crippen molar-refractivity contribution in [2.45, 2.75) is 37.3 Å². The molecule has 1 N–H and O–H groups in total. The largest absolute Gasteiger partial charge is 0.403 e. The average Bonchev–Trinajstić information content (AvgIpc) is 3.21. The molecule has 0 radical (unpaired) electrons. The van der Waals surface area contributed by atoms with Crippen molar-refractivity contribution < 1.29 is 4.42 Å². The van der Waals surface area contributed by atoms with Crippen molar-refractivity contribution in [2.75, 3.05) is 6.26 Å². The number of H-pyrrole nitrogens is 1. The molecule has 0 aliphatic heterocycles. The molecule has 2 aromatic rings. The van der Waals surface area contributed by atoms with Gasteiger partial charge in [-0.15, -0.1) is 0 Å². The van der Waals surface area contributed by atoms with E-state index in [1.54, 1.807) is 0 Å². The van der Waals surface area contributed by atoms with Crippen LogP contribution in [0.2, 0.25) is 0 Å². The van der Waals surface area contributed by atoms with Gasteiger partial charge in [0.2, 0.25) is 5.71 Å². The predicted octanol–water partition coefficient (Wildman–Crippen LogP) is 2.33. The van der Waals surface area contributed by atoms with Gasteiger partial charge in [-0.25, -0.2) is 4.79 Å². The second-order valence-electron chi connectivity index (χ2n) is 5.18. The summed E-state index contributed by atoms with van der Waals surface area (Å²) < 4.78 is 5.07. The molecule has 0 unspecified atom stereocenters. The minimum absolute atomic E-state index is 0.145. The Bertz CT molecular complexity index is 746. The van der Waals surface area contributed by atoms with E-state index in [2.05, 4.69) is 9.97 Å². The number of fused-ring (bicyclic) bond motifs is 1. The zero-order chi connectivity index (χ0) is 14.1. The smallest absolute Gasteiger partial charge is 0.337 e. The monoisotopic (exact) mass is 292 g/mol. The summed E-state index contributed by atoms with van der Waals surface area (Å²) in [7, 11) is 0. The number of hydrogen-bond donors (Lipinski definition) is 1. The molecule has 2 heterocycles. The van der Waals surface area contributed by atoms with E-state index in [0.29, 0.717) is 10.5 Å². The van der Waals surface area contributed by atoms with Gasteiger partial charge in [0.1, 0.15) is 5.39 Å². The van der Waals surface area contributed by atoms with E-state index in [1.165, 1.54) is 30.7 Å². The Labute approximate surface area is 119 Å². The Morgan fingerprint density at radius 2 is 2.25 bits per heavy atom. The highest BCUT2D eigenvalue weighted by atomic mass is 32.2. The first-order valence-corrected chi connectivity index (χ1v) is 8.01. The summed E-state index contributed by atoms with van der Waals surface area (Å²) in [4.78, 5) is 30.6. The van der Waals surface area contributed by atoms with Gasteiger partial charge < -0.3 is 9.40 Å². The number of aromatic nitrogens is 2. The lowest BCUT2D eigenvalue weighted by molar-refractivity contribution is 0.540. The molecule has 1 saturated carbocycles. The molecule has 1 aliphatic rings. The van der Waals surface area contributed by atoms with Crippen molar-refractivity contribution >= 4 is 22.9 Å². The lowest BCUT2D eigenvalue weighted by Gasteiger charge is -2.05. The molecule has 20 heavy (non-hydrogen) atoms. The van der Waals surface area contributed by atoms with Crippen LogP contribution in [-0.2, 0) is 6.42 Å². The van der Waals surface area contributed by atoms with Gasteiger partial charge in [-0.3, -0.25) is 4.79 Å². The van der Waals surface area contributed by atoms with Gasteiger partial charge >= 0.3 is 5.63 Å². The highest BCUT2D eigenvalue weighted by Gasteiger charge is 2.20. The van der Waals surface area contributed by atoms with E-state index in [9.17, 15) is 9.59 Å². The maximum absolute atomic E-state index is 12.1. The first-order valence-electron chi connectivity index (χ1n) is 6.78. The zero-order valence-electron chi connectivity index (χ0n) is 11.3. The minimum Gasteiger partial charge on any atom is -0.403 e. The van der Waals surface area contributed by atoms with Gasteiger partial charge in [0, 0.05) is 6.07 Å². The summed E-state index contributed by atoms with van der Waals surface area (Å²) in [5, 5.41) is 0.874. The molecular weight excluding hydrogens is 276 g/mol. The highest BCUT2D eigenvalue weighted by molar-refractivity contribution is 7.98. The number of thioether (sulfide) groups is 1. The molecule has 0 spiro atoms. The van der Waals surface area contributed by atoms with E-state index in [4.69, 9.17) is 4.42 Å². The summed E-state index contributed by atoms with van der Waals surface area (Å²) in [5.41, 5.74) is 0.221. The summed E-state index contributed by atoms with van der Waals surface area (Å²) >= 11 is 1.31. The molecule has 0 amide bonds. The molecule has 106 valence electrons. The SMILES string of the molecule is CSc1nc2oc(=O)cc(CCCC3CC3)c2c(=O)[nH]1. The molecule has 0 bridgehead atoms. The van der Waals surface area contributed by atoms with Gasteiger partial charge in [0.25, 0.3) is 5.56 Å². The van der Waals surface area contributed by atoms with Crippen LogP contribution in [0.5, 0.6) is 0 Å². The fourth-order valence-corrected chi connectivity index (χ4v) is 2.78. The number of hydrogen-bond acceptors (Lipinski definition) is 5. The minimum atomic E-state index is -0.441. The third kappa shape index (κ3) is 2.80. The predicted molar refractivity (Wildman–Crippen MR) is 78.3 cm³/mol. The van der Waals surface area contributed by atoms with Gasteiger partial charge in [-0.2, -0.15) is 4.98 Å². The van der Waals surface area contributed by atoms with Crippen molar-refractivity contribution in [1.29, 1.82) is 0 Å². The molecule has 0 atom stereocenters. The van der Waals surface area contributed by atoms with Crippen molar-refractivity contribution in [3.05, 3.63) is 32.4 Å². The number of rotatable bonds is 5. The Kier molecular flexibility index (Phi) is 3.65. The molecule has 2 aromatic heterocycles. The molecule has 5 nitrogen and oxygen atoms in total. The topological polar surface area (TPSA) is 76.0 Å². The first-order chi connectivity index (χ1) is 9.67. The van der Waals surface area contributed by atoms with Crippen LogP contribution in [0.25, 0.3) is 11.1 Å². The van der Waals surface area contributed by atoms with Crippen molar-refractivity contribution in [2.24, 2.45) is 5.92 Å². The number of nitrogens with zero attached hydrogens (tertiary/aromatic N) is 1. The molecule has 6 heteroatoms. The maximum Gasteiger partial charge on any atom is 0.337 e. The van der Waals surface area contributed by atoms with Crippen LogP contribution < -0.4 is 11.2 Å². The maximum atomic E-state index is 12.1. The third-order valence-electron chi connectivity index (χ3n) is 3.62.